The smallest absolute Gasteiger partial charge is 0.142 e. The van der Waals surface area contributed by atoms with E-state index in [1.54, 1.807) is 0 Å². The maximum Gasteiger partial charge on any atom is 0.142 e. The Morgan fingerprint density at radius 2 is 1.93 bits per heavy atom. The molecule has 0 aromatic heterocycles. The topological polar surface area (TPSA) is 61.3 Å². The normalized spacial score (nSPS) is 12.9. The lowest BCUT2D eigenvalue weighted by atomic mass is 10.0. The fourth-order valence-corrected chi connectivity index (χ4v) is 1.37. The van der Waals surface area contributed by atoms with E-state index in [1.165, 1.54) is 0 Å². The predicted octanol–water partition coefficient (Wildman–Crippen LogP) is 2.12. The molecule has 0 radical (unpaired) electrons. The van der Waals surface area contributed by atoms with Gasteiger partial charge in [-0.1, -0.05) is 13.0 Å². The maximum atomic E-state index is 5.90. The quantitative estimate of drug-likeness (QED) is 0.745. The van der Waals surface area contributed by atoms with Gasteiger partial charge in [-0.05, 0) is 44.0 Å². The van der Waals surface area contributed by atoms with Crippen molar-refractivity contribution in [1.29, 1.82) is 0 Å². The van der Waals surface area contributed by atoms with Crippen LogP contribution in [-0.2, 0) is 0 Å². The first-order chi connectivity index (χ1) is 7.04. The van der Waals surface area contributed by atoms with E-state index >= 15 is 0 Å². The SMILES string of the molecule is CC(C)Oc1ccc(C(C)CN)cc1N. The molecule has 0 aliphatic carbocycles. The predicted molar refractivity (Wildman–Crippen MR) is 64.1 cm³/mol. The number of nitrogen functional groups attached to an aromatic ring is 1. The summed E-state index contributed by atoms with van der Waals surface area (Å²) in [6.07, 6.45) is 0.144. The van der Waals surface area contributed by atoms with Gasteiger partial charge in [0.25, 0.3) is 0 Å². The molecule has 0 saturated carbocycles. The molecule has 0 heterocycles. The molecular weight excluding hydrogens is 188 g/mol. The van der Waals surface area contributed by atoms with Gasteiger partial charge in [-0.2, -0.15) is 0 Å². The monoisotopic (exact) mass is 208 g/mol. The standard InChI is InChI=1S/C12H20N2O/c1-8(2)15-12-5-4-10(6-11(12)14)9(3)7-13/h4-6,8-9H,7,13-14H2,1-3H3. The van der Waals surface area contributed by atoms with E-state index in [9.17, 15) is 0 Å². The molecule has 84 valence electrons. The zero-order chi connectivity index (χ0) is 11.4. The zero-order valence-corrected chi connectivity index (χ0v) is 9.66. The van der Waals surface area contributed by atoms with Crippen LogP contribution in [0.2, 0.25) is 0 Å². The number of nitrogens with two attached hydrogens (primary N) is 2. The van der Waals surface area contributed by atoms with Gasteiger partial charge in [-0.25, -0.2) is 0 Å². The molecule has 1 aromatic rings. The average molecular weight is 208 g/mol. The molecule has 1 aromatic carbocycles. The summed E-state index contributed by atoms with van der Waals surface area (Å²) in [5, 5.41) is 0. The van der Waals surface area contributed by atoms with Crippen molar-refractivity contribution in [2.24, 2.45) is 5.73 Å². The van der Waals surface area contributed by atoms with Crippen molar-refractivity contribution in [3.05, 3.63) is 23.8 Å². The van der Waals surface area contributed by atoms with E-state index in [-0.39, 0.29) is 6.10 Å². The molecule has 0 bridgehead atoms. The molecule has 0 spiro atoms. The van der Waals surface area contributed by atoms with Gasteiger partial charge in [0.05, 0.1) is 11.8 Å². The van der Waals surface area contributed by atoms with Crippen LogP contribution in [0.4, 0.5) is 5.69 Å². The fraction of sp³-hybridized carbons (Fsp3) is 0.500. The molecule has 1 unspecified atom stereocenters. The maximum absolute atomic E-state index is 5.90. The van der Waals surface area contributed by atoms with E-state index in [4.69, 9.17) is 16.2 Å². The van der Waals surface area contributed by atoms with Crippen molar-refractivity contribution >= 4 is 5.69 Å². The van der Waals surface area contributed by atoms with Crippen molar-refractivity contribution in [3.63, 3.8) is 0 Å². The van der Waals surface area contributed by atoms with Gasteiger partial charge in [0.1, 0.15) is 5.75 Å². The van der Waals surface area contributed by atoms with Crippen LogP contribution < -0.4 is 16.2 Å². The van der Waals surface area contributed by atoms with E-state index < -0.39 is 0 Å². The Kier molecular flexibility index (Phi) is 3.97. The summed E-state index contributed by atoms with van der Waals surface area (Å²) >= 11 is 0. The first kappa shape index (κ1) is 11.9. The third kappa shape index (κ3) is 3.13. The van der Waals surface area contributed by atoms with Crippen LogP contribution in [0.25, 0.3) is 0 Å². The van der Waals surface area contributed by atoms with E-state index in [0.29, 0.717) is 18.2 Å². The van der Waals surface area contributed by atoms with E-state index in [0.717, 1.165) is 11.3 Å². The Labute approximate surface area is 91.4 Å². The Bertz CT molecular complexity index is 323. The lowest BCUT2D eigenvalue weighted by molar-refractivity contribution is 0.244. The second-order valence-corrected chi connectivity index (χ2v) is 4.10. The highest BCUT2D eigenvalue weighted by atomic mass is 16.5. The first-order valence-electron chi connectivity index (χ1n) is 5.30. The Morgan fingerprint density at radius 3 is 2.40 bits per heavy atom. The summed E-state index contributed by atoms with van der Waals surface area (Å²) in [6.45, 7) is 6.67. The van der Waals surface area contributed by atoms with Gasteiger partial charge >= 0.3 is 0 Å². The van der Waals surface area contributed by atoms with Crippen LogP contribution in [0, 0.1) is 0 Å². The molecule has 1 atom stereocenters. The molecule has 3 heteroatoms. The number of rotatable bonds is 4. The first-order valence-corrected chi connectivity index (χ1v) is 5.30. The number of ether oxygens (including phenoxy) is 1. The van der Waals surface area contributed by atoms with Crippen LogP contribution in [0.3, 0.4) is 0 Å². The zero-order valence-electron chi connectivity index (χ0n) is 9.66. The number of anilines is 1. The lowest BCUT2D eigenvalue weighted by Gasteiger charge is -2.15. The van der Waals surface area contributed by atoms with Crippen molar-refractivity contribution in [1.82, 2.24) is 0 Å². The fourth-order valence-electron chi connectivity index (χ4n) is 1.37. The molecule has 0 aliphatic rings. The van der Waals surface area contributed by atoms with Crippen LogP contribution in [0.5, 0.6) is 5.75 Å². The minimum absolute atomic E-state index is 0.144. The summed E-state index contributed by atoms with van der Waals surface area (Å²) in [5.74, 6) is 1.08. The second-order valence-electron chi connectivity index (χ2n) is 4.10. The lowest BCUT2D eigenvalue weighted by Crippen LogP contribution is -2.11. The third-order valence-electron chi connectivity index (χ3n) is 2.32. The molecule has 0 aliphatic heterocycles. The molecule has 0 amide bonds. The Morgan fingerprint density at radius 1 is 1.27 bits per heavy atom. The van der Waals surface area contributed by atoms with Gasteiger partial charge < -0.3 is 16.2 Å². The highest BCUT2D eigenvalue weighted by molar-refractivity contribution is 5.54. The Hall–Kier alpha value is -1.22. The minimum Gasteiger partial charge on any atom is -0.489 e. The van der Waals surface area contributed by atoms with Gasteiger partial charge in [0.2, 0.25) is 0 Å². The highest BCUT2D eigenvalue weighted by Gasteiger charge is 2.07. The summed E-state index contributed by atoms with van der Waals surface area (Å²) in [7, 11) is 0. The van der Waals surface area contributed by atoms with Crippen LogP contribution >= 0.6 is 0 Å². The van der Waals surface area contributed by atoms with Crippen molar-refractivity contribution in [3.8, 4) is 5.75 Å². The van der Waals surface area contributed by atoms with Gasteiger partial charge in [-0.3, -0.25) is 0 Å². The highest BCUT2D eigenvalue weighted by Crippen LogP contribution is 2.26. The minimum atomic E-state index is 0.144. The van der Waals surface area contributed by atoms with Crippen molar-refractivity contribution < 1.29 is 4.74 Å². The van der Waals surface area contributed by atoms with Gasteiger partial charge in [-0.15, -0.1) is 0 Å². The summed E-state index contributed by atoms with van der Waals surface area (Å²) in [4.78, 5) is 0. The molecule has 3 nitrogen and oxygen atoms in total. The van der Waals surface area contributed by atoms with E-state index in [1.807, 2.05) is 32.0 Å². The van der Waals surface area contributed by atoms with Crippen molar-refractivity contribution in [2.75, 3.05) is 12.3 Å². The van der Waals surface area contributed by atoms with E-state index in [2.05, 4.69) is 6.92 Å². The molecular formula is C12H20N2O. The largest absolute Gasteiger partial charge is 0.489 e. The average Bonchev–Trinajstić information content (AvgIpc) is 2.19. The summed E-state index contributed by atoms with van der Waals surface area (Å²) < 4.78 is 5.56. The molecule has 1 rings (SSSR count). The Balaban J connectivity index is 2.88. The van der Waals surface area contributed by atoms with Gasteiger partial charge in [0.15, 0.2) is 0 Å². The van der Waals surface area contributed by atoms with Crippen LogP contribution in [0.1, 0.15) is 32.3 Å². The number of hydrogen-bond acceptors (Lipinski definition) is 3. The molecule has 4 N–H and O–H groups in total. The number of hydrogen-bond donors (Lipinski definition) is 2. The molecule has 15 heavy (non-hydrogen) atoms. The van der Waals surface area contributed by atoms with Crippen LogP contribution in [0.15, 0.2) is 18.2 Å². The van der Waals surface area contributed by atoms with Gasteiger partial charge in [0, 0.05) is 0 Å². The van der Waals surface area contributed by atoms with Crippen LogP contribution in [-0.4, -0.2) is 12.6 Å². The second kappa shape index (κ2) is 5.03. The third-order valence-corrected chi connectivity index (χ3v) is 2.32. The number of benzene rings is 1. The molecule has 0 saturated heterocycles. The molecule has 0 fully saturated rings. The summed E-state index contributed by atoms with van der Waals surface area (Å²) in [5.41, 5.74) is 13.3. The van der Waals surface area contributed by atoms with Crippen molar-refractivity contribution in [2.45, 2.75) is 32.8 Å². The summed E-state index contributed by atoms with van der Waals surface area (Å²) in [6, 6.07) is 5.87.